The number of ether oxygens (including phenoxy) is 3. The van der Waals surface area contributed by atoms with Gasteiger partial charge in [-0.1, -0.05) is 30.3 Å². The number of benzene rings is 2. The standard InChI is InChI=1S/C30H30F3NO6/c1-5-39-28(36)23-16(3)34-22-15-20(17-10-9-11-18(14-17)38-4)25(29(37)40-6-2)27(35)26(22)24(23)19-12-7-8-13-21(19)30(31,32)33/h7-14,20,24-25,34H,5-6,15H2,1-4H3/t20-,24+,25-/m1/s1. The van der Waals surface area contributed by atoms with Gasteiger partial charge >= 0.3 is 18.1 Å². The van der Waals surface area contributed by atoms with Crippen LogP contribution in [0.1, 0.15) is 55.7 Å². The molecule has 1 heterocycles. The molecule has 1 N–H and O–H groups in total. The molecule has 212 valence electrons. The number of rotatable bonds is 7. The van der Waals surface area contributed by atoms with E-state index >= 15 is 0 Å². The van der Waals surface area contributed by atoms with E-state index in [4.69, 9.17) is 14.2 Å². The van der Waals surface area contributed by atoms with Crippen molar-refractivity contribution < 1.29 is 41.8 Å². The lowest BCUT2D eigenvalue weighted by molar-refractivity contribution is -0.152. The summed E-state index contributed by atoms with van der Waals surface area (Å²) in [6, 6.07) is 11.7. The summed E-state index contributed by atoms with van der Waals surface area (Å²) >= 11 is 0. The minimum Gasteiger partial charge on any atom is -0.497 e. The second-order valence-electron chi connectivity index (χ2n) is 9.48. The lowest BCUT2D eigenvalue weighted by Crippen LogP contribution is -2.43. The predicted molar refractivity (Wildman–Crippen MR) is 139 cm³/mol. The molecule has 0 aromatic heterocycles. The highest BCUT2D eigenvalue weighted by Crippen LogP contribution is 2.50. The molecule has 2 aliphatic rings. The number of hydrogen-bond donors (Lipinski definition) is 1. The van der Waals surface area contributed by atoms with Gasteiger partial charge in [0, 0.05) is 28.8 Å². The van der Waals surface area contributed by atoms with Crippen molar-refractivity contribution in [2.45, 2.75) is 45.2 Å². The molecule has 7 nitrogen and oxygen atoms in total. The van der Waals surface area contributed by atoms with Gasteiger partial charge in [0.05, 0.1) is 31.5 Å². The van der Waals surface area contributed by atoms with Gasteiger partial charge in [0.25, 0.3) is 0 Å². The van der Waals surface area contributed by atoms with Crippen LogP contribution in [-0.2, 0) is 30.0 Å². The van der Waals surface area contributed by atoms with Gasteiger partial charge in [-0.25, -0.2) is 4.79 Å². The van der Waals surface area contributed by atoms with Gasteiger partial charge in [-0.2, -0.15) is 13.2 Å². The van der Waals surface area contributed by atoms with Crippen LogP contribution in [0.15, 0.2) is 71.1 Å². The summed E-state index contributed by atoms with van der Waals surface area (Å²) in [5.41, 5.74) is -0.224. The van der Waals surface area contributed by atoms with Crippen LogP contribution in [0, 0.1) is 5.92 Å². The van der Waals surface area contributed by atoms with Crippen molar-refractivity contribution in [2.24, 2.45) is 5.92 Å². The number of carbonyl (C=O) groups is 3. The Morgan fingerprint density at radius 2 is 1.73 bits per heavy atom. The summed E-state index contributed by atoms with van der Waals surface area (Å²) in [4.78, 5) is 40.7. The van der Waals surface area contributed by atoms with Gasteiger partial charge < -0.3 is 19.5 Å². The van der Waals surface area contributed by atoms with E-state index < -0.39 is 47.2 Å². The van der Waals surface area contributed by atoms with Crippen LogP contribution in [0.4, 0.5) is 13.2 Å². The van der Waals surface area contributed by atoms with Crippen molar-refractivity contribution in [1.82, 2.24) is 5.32 Å². The molecule has 2 aromatic rings. The zero-order chi connectivity index (χ0) is 29.2. The number of allylic oxidation sites excluding steroid dienone is 3. The normalized spacial score (nSPS) is 21.0. The fourth-order valence-electron chi connectivity index (χ4n) is 5.52. The number of Topliss-reactive ketones (excluding diaryl/α,β-unsaturated/α-hetero) is 1. The average molecular weight is 558 g/mol. The van der Waals surface area contributed by atoms with Crippen molar-refractivity contribution in [2.75, 3.05) is 20.3 Å². The molecule has 0 saturated carbocycles. The Balaban J connectivity index is 1.97. The summed E-state index contributed by atoms with van der Waals surface area (Å²) in [5, 5.41) is 3.09. The highest BCUT2D eigenvalue weighted by atomic mass is 19.4. The molecule has 0 radical (unpaired) electrons. The maximum absolute atomic E-state index is 14.3. The molecule has 1 aliphatic carbocycles. The molecule has 0 amide bonds. The van der Waals surface area contributed by atoms with Gasteiger partial charge in [-0.15, -0.1) is 0 Å². The van der Waals surface area contributed by atoms with E-state index in [1.165, 1.54) is 25.3 Å². The number of methoxy groups -OCH3 is 1. The Hall–Kier alpha value is -4.08. The second-order valence-corrected chi connectivity index (χ2v) is 9.48. The van der Waals surface area contributed by atoms with E-state index in [-0.39, 0.29) is 42.0 Å². The smallest absolute Gasteiger partial charge is 0.416 e. The van der Waals surface area contributed by atoms with Crippen molar-refractivity contribution in [3.8, 4) is 5.75 Å². The molecule has 0 spiro atoms. The molecule has 0 fully saturated rings. The fraction of sp³-hybridized carbons (Fsp3) is 0.367. The number of nitrogens with one attached hydrogen (secondary N) is 1. The van der Waals surface area contributed by atoms with Crippen molar-refractivity contribution in [3.63, 3.8) is 0 Å². The maximum Gasteiger partial charge on any atom is 0.416 e. The number of halogens is 3. The Morgan fingerprint density at radius 3 is 2.38 bits per heavy atom. The van der Waals surface area contributed by atoms with Crippen molar-refractivity contribution in [3.05, 3.63) is 87.8 Å². The lowest BCUT2D eigenvalue weighted by atomic mass is 9.66. The van der Waals surface area contributed by atoms with E-state index in [0.717, 1.165) is 6.07 Å². The van der Waals surface area contributed by atoms with Crippen LogP contribution in [0.2, 0.25) is 0 Å². The monoisotopic (exact) mass is 557 g/mol. The first-order valence-electron chi connectivity index (χ1n) is 12.9. The summed E-state index contributed by atoms with van der Waals surface area (Å²) < 4.78 is 58.5. The molecule has 40 heavy (non-hydrogen) atoms. The van der Waals surface area contributed by atoms with Gasteiger partial charge in [-0.3, -0.25) is 9.59 Å². The Labute approximate surface area is 230 Å². The Kier molecular flexibility index (Phi) is 8.37. The zero-order valence-electron chi connectivity index (χ0n) is 22.6. The Bertz CT molecular complexity index is 1390. The average Bonchev–Trinajstić information content (AvgIpc) is 2.91. The number of ketones is 1. The molecule has 4 rings (SSSR count). The third-order valence-electron chi connectivity index (χ3n) is 7.15. The Morgan fingerprint density at radius 1 is 1.02 bits per heavy atom. The van der Waals surface area contributed by atoms with Gasteiger partial charge in [-0.05, 0) is 56.5 Å². The summed E-state index contributed by atoms with van der Waals surface area (Å²) in [6.07, 6.45) is -4.66. The fourth-order valence-corrected chi connectivity index (χ4v) is 5.52. The first-order chi connectivity index (χ1) is 19.0. The van der Waals surface area contributed by atoms with Crippen LogP contribution >= 0.6 is 0 Å². The minimum absolute atomic E-state index is 0.00498. The van der Waals surface area contributed by atoms with Gasteiger partial charge in [0.15, 0.2) is 5.78 Å². The summed E-state index contributed by atoms with van der Waals surface area (Å²) in [6.45, 7) is 4.72. The lowest BCUT2D eigenvalue weighted by Gasteiger charge is -2.40. The van der Waals surface area contributed by atoms with Gasteiger partial charge in [0.2, 0.25) is 0 Å². The van der Waals surface area contributed by atoms with E-state index in [2.05, 4.69) is 5.32 Å². The highest BCUT2D eigenvalue weighted by molar-refractivity contribution is 6.13. The molecular formula is C30H30F3NO6. The third kappa shape index (κ3) is 5.35. The van der Waals surface area contributed by atoms with Gasteiger partial charge in [0.1, 0.15) is 11.7 Å². The second kappa shape index (κ2) is 11.6. The highest BCUT2D eigenvalue weighted by Gasteiger charge is 2.50. The molecule has 3 atom stereocenters. The minimum atomic E-state index is -4.77. The van der Waals surface area contributed by atoms with Crippen LogP contribution in [0.25, 0.3) is 0 Å². The molecule has 0 unspecified atom stereocenters. The predicted octanol–water partition coefficient (Wildman–Crippen LogP) is 5.43. The number of esters is 2. The van der Waals surface area contributed by atoms with Crippen molar-refractivity contribution >= 4 is 17.7 Å². The van der Waals surface area contributed by atoms with E-state index in [1.54, 1.807) is 45.0 Å². The molecule has 0 saturated heterocycles. The third-order valence-corrected chi connectivity index (χ3v) is 7.15. The molecule has 2 aromatic carbocycles. The maximum atomic E-state index is 14.3. The molecule has 1 aliphatic heterocycles. The number of dihydropyridines is 1. The van der Waals surface area contributed by atoms with Crippen molar-refractivity contribution in [1.29, 1.82) is 0 Å². The topological polar surface area (TPSA) is 90.9 Å². The number of alkyl halides is 3. The number of hydrogen-bond acceptors (Lipinski definition) is 7. The summed E-state index contributed by atoms with van der Waals surface area (Å²) in [7, 11) is 1.49. The van der Waals surface area contributed by atoms with E-state index in [1.807, 2.05) is 0 Å². The first-order valence-corrected chi connectivity index (χ1v) is 12.9. The largest absolute Gasteiger partial charge is 0.497 e. The van der Waals surface area contributed by atoms with E-state index in [9.17, 15) is 27.6 Å². The van der Waals surface area contributed by atoms with Crippen LogP contribution in [-0.4, -0.2) is 38.0 Å². The molecular weight excluding hydrogens is 527 g/mol. The first kappa shape index (κ1) is 28.9. The van der Waals surface area contributed by atoms with Crippen LogP contribution < -0.4 is 10.1 Å². The molecule has 0 bridgehead atoms. The van der Waals surface area contributed by atoms with Crippen LogP contribution in [0.5, 0.6) is 5.75 Å². The van der Waals surface area contributed by atoms with Crippen LogP contribution in [0.3, 0.4) is 0 Å². The zero-order valence-corrected chi connectivity index (χ0v) is 22.6. The number of carbonyl (C=O) groups excluding carboxylic acids is 3. The van der Waals surface area contributed by atoms with E-state index in [0.29, 0.717) is 17.0 Å². The SMILES string of the molecule is CCOC(=O)C1=C(C)NC2=C(C(=O)[C@H](C(=O)OCC)[C@@H](c3cccc(OC)c3)C2)[C@H]1c1ccccc1C(F)(F)F. The molecule has 10 heteroatoms. The quantitative estimate of drug-likeness (QED) is 0.359. The summed E-state index contributed by atoms with van der Waals surface area (Å²) in [5.74, 6) is -5.30.